The van der Waals surface area contributed by atoms with Crippen molar-refractivity contribution in [3.05, 3.63) is 76.0 Å². The topological polar surface area (TPSA) is 65.4 Å². The molecule has 5 rings (SSSR count). The maximum absolute atomic E-state index is 13.6. The third kappa shape index (κ3) is 3.83. The van der Waals surface area contributed by atoms with Crippen LogP contribution in [0.15, 0.2) is 53.3 Å². The molecule has 3 aromatic rings. The van der Waals surface area contributed by atoms with E-state index in [2.05, 4.69) is 52.0 Å². The van der Waals surface area contributed by atoms with Gasteiger partial charge in [0.25, 0.3) is 5.56 Å². The highest BCUT2D eigenvalue weighted by Gasteiger charge is 2.27. The molecule has 5 nitrogen and oxygen atoms in total. The lowest BCUT2D eigenvalue weighted by atomic mass is 10.1. The minimum absolute atomic E-state index is 0.295. The van der Waals surface area contributed by atoms with Crippen LogP contribution in [-0.2, 0) is 0 Å². The molecule has 0 bridgehead atoms. The van der Waals surface area contributed by atoms with Crippen molar-refractivity contribution < 1.29 is 4.39 Å². The number of aromatic nitrogens is 1. The summed E-state index contributed by atoms with van der Waals surface area (Å²) in [6.45, 7) is 6.17. The van der Waals surface area contributed by atoms with Crippen molar-refractivity contribution in [3.8, 4) is 0 Å². The summed E-state index contributed by atoms with van der Waals surface area (Å²) in [6.07, 6.45) is 4.22. The molecule has 3 N–H and O–H groups in total. The first kappa shape index (κ1) is 19.8. The standard InChI is InChI=1S/C25H27FN4O/c1-16-2-5-19(6-3-16)29-8-10-30(11-9-29)20-7-4-17(12-20)24-15-21-22(25(31)28-24)13-18(26)14-23(21)27/h2-3,5-6,12-15,20H,4,7-11,27H2,1H3,(H,28,31). The number of nitrogens with zero attached hydrogens (tertiary/aromatic N) is 2. The van der Waals surface area contributed by atoms with Gasteiger partial charge >= 0.3 is 0 Å². The second kappa shape index (κ2) is 7.85. The van der Waals surface area contributed by atoms with Gasteiger partial charge in [-0.15, -0.1) is 0 Å². The zero-order valence-corrected chi connectivity index (χ0v) is 17.7. The zero-order valence-electron chi connectivity index (χ0n) is 17.7. The minimum atomic E-state index is -0.492. The molecule has 1 atom stereocenters. The Morgan fingerprint density at radius 3 is 2.52 bits per heavy atom. The van der Waals surface area contributed by atoms with Crippen LogP contribution in [0.5, 0.6) is 0 Å². The second-order valence-electron chi connectivity index (χ2n) is 8.62. The van der Waals surface area contributed by atoms with Crippen molar-refractivity contribution in [2.24, 2.45) is 0 Å². The number of rotatable bonds is 3. The van der Waals surface area contributed by atoms with Crippen LogP contribution in [0.25, 0.3) is 16.3 Å². The zero-order chi connectivity index (χ0) is 21.5. The van der Waals surface area contributed by atoms with Crippen molar-refractivity contribution in [1.82, 2.24) is 9.88 Å². The molecule has 1 aromatic heterocycles. The predicted octanol–water partition coefficient (Wildman–Crippen LogP) is 3.93. The number of nitrogen functional groups attached to an aromatic ring is 1. The summed E-state index contributed by atoms with van der Waals surface area (Å²) in [7, 11) is 0. The molecule has 1 aliphatic heterocycles. The fraction of sp³-hybridized carbons (Fsp3) is 0.320. The third-order valence-electron chi connectivity index (χ3n) is 6.59. The van der Waals surface area contributed by atoms with Crippen LogP contribution in [-0.4, -0.2) is 42.1 Å². The largest absolute Gasteiger partial charge is 0.398 e. The van der Waals surface area contributed by atoms with E-state index in [9.17, 15) is 9.18 Å². The van der Waals surface area contributed by atoms with Gasteiger partial charge in [0.2, 0.25) is 0 Å². The summed E-state index contributed by atoms with van der Waals surface area (Å²) in [4.78, 5) is 20.4. The van der Waals surface area contributed by atoms with Crippen LogP contribution in [0.2, 0.25) is 0 Å². The Morgan fingerprint density at radius 1 is 1.03 bits per heavy atom. The molecular weight excluding hydrogens is 391 g/mol. The molecule has 0 saturated carbocycles. The van der Waals surface area contributed by atoms with E-state index in [1.807, 2.05) is 6.07 Å². The number of aryl methyl sites for hydroxylation is 1. The van der Waals surface area contributed by atoms with Gasteiger partial charge < -0.3 is 15.6 Å². The number of benzene rings is 2. The molecule has 2 aliphatic rings. The van der Waals surface area contributed by atoms with Crippen LogP contribution < -0.4 is 16.2 Å². The van der Waals surface area contributed by atoms with E-state index >= 15 is 0 Å². The number of hydrogen-bond donors (Lipinski definition) is 2. The fourth-order valence-electron chi connectivity index (χ4n) is 4.81. The summed E-state index contributed by atoms with van der Waals surface area (Å²) >= 11 is 0. The summed E-state index contributed by atoms with van der Waals surface area (Å²) < 4.78 is 13.6. The highest BCUT2D eigenvalue weighted by atomic mass is 19.1. The molecule has 1 aliphatic carbocycles. The van der Waals surface area contributed by atoms with Gasteiger partial charge in [-0.3, -0.25) is 9.69 Å². The van der Waals surface area contributed by atoms with Gasteiger partial charge in [-0.25, -0.2) is 4.39 Å². The van der Waals surface area contributed by atoms with Gasteiger partial charge in [0, 0.05) is 54.7 Å². The molecule has 6 heteroatoms. The molecular formula is C25H27FN4O. The Labute approximate surface area is 181 Å². The number of piperazine rings is 1. The monoisotopic (exact) mass is 418 g/mol. The summed E-state index contributed by atoms with van der Waals surface area (Å²) in [5, 5.41) is 0.903. The number of aromatic amines is 1. The molecule has 160 valence electrons. The molecule has 1 fully saturated rings. The number of halogens is 1. The molecule has 2 aromatic carbocycles. The van der Waals surface area contributed by atoms with E-state index in [-0.39, 0.29) is 5.56 Å². The van der Waals surface area contributed by atoms with Crippen molar-refractivity contribution in [3.63, 3.8) is 0 Å². The third-order valence-corrected chi connectivity index (χ3v) is 6.59. The summed E-state index contributed by atoms with van der Waals surface area (Å²) in [6, 6.07) is 13.5. The Morgan fingerprint density at radius 2 is 1.77 bits per heavy atom. The average molecular weight is 419 g/mol. The number of H-pyrrole nitrogens is 1. The molecule has 0 amide bonds. The summed E-state index contributed by atoms with van der Waals surface area (Å²) in [5.41, 5.74) is 10.5. The van der Waals surface area contributed by atoms with Crippen LogP contribution in [0.1, 0.15) is 24.1 Å². The normalized spacial score (nSPS) is 19.7. The van der Waals surface area contributed by atoms with Gasteiger partial charge in [-0.1, -0.05) is 23.8 Å². The molecule has 1 unspecified atom stereocenters. The SMILES string of the molecule is Cc1ccc(N2CCN(C3C=C(c4cc5c(N)cc(F)cc5c(=O)[nH]4)CC3)CC2)cc1. The number of allylic oxidation sites excluding steroid dienone is 1. The molecule has 2 heterocycles. The Hall–Kier alpha value is -3.12. The van der Waals surface area contributed by atoms with Gasteiger partial charge in [-0.2, -0.15) is 0 Å². The number of nitrogens with two attached hydrogens (primary N) is 1. The minimum Gasteiger partial charge on any atom is -0.398 e. The van der Waals surface area contributed by atoms with Gasteiger partial charge in [-0.05, 0) is 55.7 Å². The fourth-order valence-corrected chi connectivity index (χ4v) is 4.81. The lowest BCUT2D eigenvalue weighted by Crippen LogP contribution is -2.49. The molecule has 0 radical (unpaired) electrons. The Kier molecular flexibility index (Phi) is 5.02. The maximum atomic E-state index is 13.6. The van der Waals surface area contributed by atoms with Gasteiger partial charge in [0.05, 0.1) is 5.39 Å². The highest BCUT2D eigenvalue weighted by molar-refractivity contribution is 5.94. The van der Waals surface area contributed by atoms with Crippen molar-refractivity contribution in [1.29, 1.82) is 0 Å². The van der Waals surface area contributed by atoms with Crippen molar-refractivity contribution >= 4 is 27.7 Å². The van der Waals surface area contributed by atoms with E-state index in [1.54, 1.807) is 0 Å². The second-order valence-corrected chi connectivity index (χ2v) is 8.62. The van der Waals surface area contributed by atoms with Crippen molar-refractivity contribution in [2.45, 2.75) is 25.8 Å². The molecule has 31 heavy (non-hydrogen) atoms. The highest BCUT2D eigenvalue weighted by Crippen LogP contribution is 2.32. The number of pyridine rings is 1. The van der Waals surface area contributed by atoms with Gasteiger partial charge in [0.15, 0.2) is 0 Å². The first-order chi connectivity index (χ1) is 15.0. The van der Waals surface area contributed by atoms with Crippen LogP contribution in [0.3, 0.4) is 0 Å². The van der Waals surface area contributed by atoms with E-state index in [0.717, 1.165) is 50.3 Å². The van der Waals surface area contributed by atoms with Crippen LogP contribution >= 0.6 is 0 Å². The van der Waals surface area contributed by atoms with E-state index < -0.39 is 5.82 Å². The molecule has 0 spiro atoms. The summed E-state index contributed by atoms with van der Waals surface area (Å²) in [5.74, 6) is -0.492. The molecule has 1 saturated heterocycles. The number of anilines is 2. The Balaban J connectivity index is 1.32. The quantitative estimate of drug-likeness (QED) is 0.633. The van der Waals surface area contributed by atoms with Crippen molar-refractivity contribution in [2.75, 3.05) is 36.8 Å². The lowest BCUT2D eigenvalue weighted by Gasteiger charge is -2.38. The smallest absolute Gasteiger partial charge is 0.256 e. The number of fused-ring (bicyclic) bond motifs is 1. The number of nitrogens with one attached hydrogen (secondary N) is 1. The van der Waals surface area contributed by atoms with E-state index in [4.69, 9.17) is 5.73 Å². The first-order valence-electron chi connectivity index (χ1n) is 10.9. The van der Waals surface area contributed by atoms with E-state index in [1.165, 1.54) is 23.4 Å². The average Bonchev–Trinajstić information content (AvgIpc) is 3.25. The van der Waals surface area contributed by atoms with Gasteiger partial charge in [0.1, 0.15) is 5.82 Å². The Bertz CT molecular complexity index is 1210. The first-order valence-corrected chi connectivity index (χ1v) is 10.9. The van der Waals surface area contributed by atoms with Crippen LogP contribution in [0, 0.1) is 12.7 Å². The van der Waals surface area contributed by atoms with E-state index in [0.29, 0.717) is 22.5 Å². The number of hydrogen-bond acceptors (Lipinski definition) is 4. The van der Waals surface area contributed by atoms with Crippen LogP contribution in [0.4, 0.5) is 15.8 Å². The predicted molar refractivity (Wildman–Crippen MR) is 125 cm³/mol. The maximum Gasteiger partial charge on any atom is 0.256 e. The lowest BCUT2D eigenvalue weighted by molar-refractivity contribution is 0.214.